The smallest absolute Gasteiger partial charge is 0.220 e. The molecule has 0 saturated carbocycles. The van der Waals surface area contributed by atoms with Crippen molar-refractivity contribution in [2.24, 2.45) is 0 Å². The van der Waals surface area contributed by atoms with Crippen LogP contribution in [0.4, 0.5) is 0 Å². The van der Waals surface area contributed by atoms with Gasteiger partial charge in [-0.25, -0.2) is 0 Å². The Kier molecular flexibility index (Phi) is 5.23. The van der Waals surface area contributed by atoms with Crippen LogP contribution in [0.25, 0.3) is 11.3 Å². The summed E-state index contributed by atoms with van der Waals surface area (Å²) < 4.78 is 1.96. The molecule has 1 saturated heterocycles. The van der Waals surface area contributed by atoms with Gasteiger partial charge in [-0.3, -0.25) is 9.48 Å². The van der Waals surface area contributed by atoms with Crippen LogP contribution in [-0.4, -0.2) is 15.7 Å². The molecule has 1 aromatic heterocycles. The maximum atomic E-state index is 11.5. The average molecular weight is 398 g/mol. The molecular formula is C21H20ClN3OS. The number of nitrogens with one attached hydrogen (secondary N) is 1. The highest BCUT2D eigenvalue weighted by atomic mass is 35.5. The van der Waals surface area contributed by atoms with Crippen LogP contribution in [-0.2, 0) is 11.3 Å². The van der Waals surface area contributed by atoms with Crippen LogP contribution < -0.4 is 5.32 Å². The molecule has 1 N–H and O–H groups in total. The molecule has 0 bridgehead atoms. The van der Waals surface area contributed by atoms with E-state index in [9.17, 15) is 4.79 Å². The lowest BCUT2D eigenvalue weighted by atomic mass is 10.0. The molecule has 27 heavy (non-hydrogen) atoms. The first kappa shape index (κ1) is 18.1. The number of amides is 1. The second-order valence-corrected chi connectivity index (χ2v) is 8.09. The molecule has 0 aliphatic carbocycles. The third-order valence-electron chi connectivity index (χ3n) is 4.68. The van der Waals surface area contributed by atoms with Gasteiger partial charge < -0.3 is 5.32 Å². The lowest BCUT2D eigenvalue weighted by molar-refractivity contribution is -0.119. The zero-order valence-electron chi connectivity index (χ0n) is 15.0. The first-order valence-electron chi connectivity index (χ1n) is 9.03. The zero-order valence-corrected chi connectivity index (χ0v) is 16.6. The van der Waals surface area contributed by atoms with E-state index < -0.39 is 0 Å². The first-order valence-corrected chi connectivity index (χ1v) is 10.2. The van der Waals surface area contributed by atoms with E-state index in [1.165, 1.54) is 0 Å². The number of aromatic nitrogens is 2. The number of hydrogen-bond donors (Lipinski definition) is 1. The molecule has 3 aromatic rings. The van der Waals surface area contributed by atoms with Crippen molar-refractivity contribution in [3.05, 3.63) is 65.3 Å². The number of nitrogens with zero attached hydrogens (tertiary/aromatic N) is 2. The Labute approximate surface area is 167 Å². The van der Waals surface area contributed by atoms with Gasteiger partial charge in [0.15, 0.2) is 0 Å². The van der Waals surface area contributed by atoms with Gasteiger partial charge in [-0.15, -0.1) is 0 Å². The summed E-state index contributed by atoms with van der Waals surface area (Å²) in [5, 5.41) is 8.50. The molecule has 1 aliphatic rings. The van der Waals surface area contributed by atoms with E-state index in [0.717, 1.165) is 44.6 Å². The summed E-state index contributed by atoms with van der Waals surface area (Å²) in [6.45, 7) is 2.90. The minimum absolute atomic E-state index is 0.127. The van der Waals surface area contributed by atoms with Gasteiger partial charge in [0.2, 0.25) is 5.91 Å². The summed E-state index contributed by atoms with van der Waals surface area (Å²) in [4.78, 5) is 13.7. The maximum absolute atomic E-state index is 11.5. The monoisotopic (exact) mass is 397 g/mol. The normalized spacial score (nSPS) is 16.5. The van der Waals surface area contributed by atoms with E-state index in [1.54, 1.807) is 11.8 Å². The van der Waals surface area contributed by atoms with Crippen molar-refractivity contribution in [2.45, 2.75) is 42.1 Å². The number of benzene rings is 2. The second-order valence-electron chi connectivity index (χ2n) is 6.53. The maximum Gasteiger partial charge on any atom is 0.220 e. The van der Waals surface area contributed by atoms with Gasteiger partial charge in [0.05, 0.1) is 10.9 Å². The number of halogens is 1. The summed E-state index contributed by atoms with van der Waals surface area (Å²) in [7, 11) is 0. The minimum Gasteiger partial charge on any atom is -0.349 e. The van der Waals surface area contributed by atoms with Crippen molar-refractivity contribution in [2.75, 3.05) is 0 Å². The molecule has 0 radical (unpaired) electrons. The molecule has 2 aromatic carbocycles. The van der Waals surface area contributed by atoms with Crippen LogP contribution in [0.15, 0.2) is 64.5 Å². The van der Waals surface area contributed by atoms with E-state index in [-0.39, 0.29) is 11.9 Å². The zero-order chi connectivity index (χ0) is 18.8. The Morgan fingerprint density at radius 1 is 1.19 bits per heavy atom. The van der Waals surface area contributed by atoms with Gasteiger partial charge >= 0.3 is 0 Å². The first-order chi connectivity index (χ1) is 13.1. The van der Waals surface area contributed by atoms with Crippen LogP contribution in [0.2, 0.25) is 5.02 Å². The van der Waals surface area contributed by atoms with Crippen LogP contribution in [0.1, 0.15) is 31.4 Å². The van der Waals surface area contributed by atoms with Crippen LogP contribution >= 0.6 is 23.4 Å². The van der Waals surface area contributed by atoms with Crippen LogP contribution in [0.3, 0.4) is 0 Å². The molecule has 1 fully saturated rings. The van der Waals surface area contributed by atoms with Gasteiger partial charge in [0.1, 0.15) is 5.69 Å². The van der Waals surface area contributed by atoms with Gasteiger partial charge in [-0.05, 0) is 43.2 Å². The van der Waals surface area contributed by atoms with Gasteiger partial charge in [0.25, 0.3) is 0 Å². The van der Waals surface area contributed by atoms with E-state index in [2.05, 4.69) is 42.7 Å². The molecule has 4 rings (SSSR count). The molecule has 138 valence electrons. The molecule has 1 unspecified atom stereocenters. The Balaban J connectivity index is 1.61. The van der Waals surface area contributed by atoms with Gasteiger partial charge in [-0.2, -0.15) is 5.10 Å². The predicted molar refractivity (Wildman–Crippen MR) is 109 cm³/mol. The molecule has 6 heteroatoms. The SMILES string of the molecule is CCn1cc(Sc2ccc(Cl)cc2)c(-c2ccc(C3CCC(=O)N3)cc2)n1. The number of aryl methyl sites for hydroxylation is 1. The highest BCUT2D eigenvalue weighted by molar-refractivity contribution is 7.99. The molecule has 2 heterocycles. The number of hydrogen-bond acceptors (Lipinski definition) is 3. The van der Waals surface area contributed by atoms with Gasteiger partial charge in [0, 0.05) is 34.6 Å². The van der Waals surface area contributed by atoms with Crippen molar-refractivity contribution >= 4 is 29.3 Å². The van der Waals surface area contributed by atoms with E-state index in [4.69, 9.17) is 16.7 Å². The van der Waals surface area contributed by atoms with Crippen molar-refractivity contribution in [3.63, 3.8) is 0 Å². The number of carbonyl (C=O) groups is 1. The van der Waals surface area contributed by atoms with E-state index >= 15 is 0 Å². The standard InChI is InChI=1S/C21H20ClN3OS/c1-2-25-13-19(27-17-9-7-16(22)8-10-17)21(24-25)15-5-3-14(4-6-15)18-11-12-20(26)23-18/h3-10,13,18H,2,11-12H2,1H3,(H,23,26). The van der Waals surface area contributed by atoms with Crippen molar-refractivity contribution in [1.82, 2.24) is 15.1 Å². The predicted octanol–water partition coefficient (Wildman–Crippen LogP) is 5.33. The highest BCUT2D eigenvalue weighted by Gasteiger charge is 2.22. The Morgan fingerprint density at radius 2 is 1.93 bits per heavy atom. The fraction of sp³-hybridized carbons (Fsp3) is 0.238. The van der Waals surface area contributed by atoms with Crippen molar-refractivity contribution in [3.8, 4) is 11.3 Å². The van der Waals surface area contributed by atoms with E-state index in [1.807, 2.05) is 28.9 Å². The molecule has 1 aliphatic heterocycles. The third kappa shape index (κ3) is 4.04. The fourth-order valence-electron chi connectivity index (χ4n) is 3.21. The summed E-state index contributed by atoms with van der Waals surface area (Å²) in [6, 6.07) is 16.3. The Bertz CT molecular complexity index is 951. The van der Waals surface area contributed by atoms with Crippen LogP contribution in [0, 0.1) is 0 Å². The quantitative estimate of drug-likeness (QED) is 0.633. The molecular weight excluding hydrogens is 378 g/mol. The van der Waals surface area contributed by atoms with Crippen molar-refractivity contribution in [1.29, 1.82) is 0 Å². The third-order valence-corrected chi connectivity index (χ3v) is 5.95. The Morgan fingerprint density at radius 3 is 2.56 bits per heavy atom. The lowest BCUT2D eigenvalue weighted by Gasteiger charge is -2.11. The summed E-state index contributed by atoms with van der Waals surface area (Å²) in [6.07, 6.45) is 3.55. The minimum atomic E-state index is 0.127. The largest absolute Gasteiger partial charge is 0.349 e. The molecule has 1 amide bonds. The van der Waals surface area contributed by atoms with Gasteiger partial charge in [-0.1, -0.05) is 47.6 Å². The second kappa shape index (κ2) is 7.79. The molecule has 4 nitrogen and oxygen atoms in total. The highest BCUT2D eigenvalue weighted by Crippen LogP contribution is 2.36. The number of carbonyl (C=O) groups excluding carboxylic acids is 1. The number of rotatable bonds is 5. The lowest BCUT2D eigenvalue weighted by Crippen LogP contribution is -2.18. The topological polar surface area (TPSA) is 46.9 Å². The van der Waals surface area contributed by atoms with Crippen LogP contribution in [0.5, 0.6) is 0 Å². The Hall–Kier alpha value is -2.24. The molecule has 0 spiro atoms. The summed E-state index contributed by atoms with van der Waals surface area (Å²) in [5.41, 5.74) is 3.19. The molecule has 1 atom stereocenters. The van der Waals surface area contributed by atoms with E-state index in [0.29, 0.717) is 6.42 Å². The summed E-state index contributed by atoms with van der Waals surface area (Å²) in [5.74, 6) is 0.132. The van der Waals surface area contributed by atoms with Crippen molar-refractivity contribution < 1.29 is 4.79 Å². The fourth-order valence-corrected chi connectivity index (χ4v) is 4.29. The average Bonchev–Trinajstić information content (AvgIpc) is 3.30. The summed E-state index contributed by atoms with van der Waals surface area (Å²) >= 11 is 7.68.